The predicted octanol–water partition coefficient (Wildman–Crippen LogP) is 2.87. The van der Waals surface area contributed by atoms with Crippen LogP contribution in [0.15, 0.2) is 24.5 Å². The number of nitrogens with zero attached hydrogens (tertiary/aromatic N) is 2. The maximum Gasteiger partial charge on any atom is 0.0468 e. The minimum absolute atomic E-state index is 0.506. The molecule has 2 saturated heterocycles. The van der Waals surface area contributed by atoms with Gasteiger partial charge in [0.05, 0.1) is 0 Å². The van der Waals surface area contributed by atoms with Gasteiger partial charge < -0.3 is 10.1 Å². The van der Waals surface area contributed by atoms with Crippen LogP contribution >= 0.6 is 0 Å². The molecule has 23 heavy (non-hydrogen) atoms. The van der Waals surface area contributed by atoms with Crippen LogP contribution in [0.2, 0.25) is 0 Å². The second-order valence-corrected chi connectivity index (χ2v) is 7.36. The molecular formula is C19H31N3O. The van der Waals surface area contributed by atoms with Gasteiger partial charge in [0, 0.05) is 44.2 Å². The predicted molar refractivity (Wildman–Crippen MR) is 93.3 cm³/mol. The Balaban J connectivity index is 1.50. The van der Waals surface area contributed by atoms with Crippen molar-refractivity contribution in [3.8, 4) is 0 Å². The van der Waals surface area contributed by atoms with E-state index in [0.29, 0.717) is 18.0 Å². The molecule has 1 aromatic heterocycles. The summed E-state index contributed by atoms with van der Waals surface area (Å²) in [5.74, 6) is 1.52. The van der Waals surface area contributed by atoms with Crippen molar-refractivity contribution in [2.24, 2.45) is 11.8 Å². The molecule has 1 aromatic rings. The Morgan fingerprint density at radius 2 is 2.17 bits per heavy atom. The standard InChI is InChI=1S/C19H31N3O/c1-15(12-16-6-10-23-11-7-16)21-14-18-5-9-22(2)19(18)17-4-3-8-20-13-17/h3-4,8,13,15-16,18-19,21H,5-7,9-12,14H2,1-2H3/t15-,18+,19+/m1/s1. The van der Waals surface area contributed by atoms with E-state index in [-0.39, 0.29) is 0 Å². The molecule has 0 bridgehead atoms. The highest BCUT2D eigenvalue weighted by Gasteiger charge is 2.33. The Morgan fingerprint density at radius 3 is 2.91 bits per heavy atom. The smallest absolute Gasteiger partial charge is 0.0468 e. The van der Waals surface area contributed by atoms with E-state index in [4.69, 9.17) is 4.74 Å². The zero-order valence-corrected chi connectivity index (χ0v) is 14.6. The molecule has 2 aliphatic rings. The molecule has 2 aliphatic heterocycles. The lowest BCUT2D eigenvalue weighted by Gasteiger charge is -2.28. The van der Waals surface area contributed by atoms with Crippen molar-refractivity contribution in [3.05, 3.63) is 30.1 Å². The lowest BCUT2D eigenvalue weighted by Crippen LogP contribution is -2.35. The quantitative estimate of drug-likeness (QED) is 0.875. The number of pyridine rings is 1. The van der Waals surface area contributed by atoms with Crippen LogP contribution in [0.1, 0.15) is 44.2 Å². The van der Waals surface area contributed by atoms with Gasteiger partial charge in [0.2, 0.25) is 0 Å². The molecule has 0 amide bonds. The summed E-state index contributed by atoms with van der Waals surface area (Å²) in [7, 11) is 2.24. The van der Waals surface area contributed by atoms with Gasteiger partial charge in [-0.3, -0.25) is 9.88 Å². The average Bonchev–Trinajstić information content (AvgIpc) is 2.95. The SMILES string of the molecule is C[C@H](CC1CCOCC1)NC[C@@H]1CCN(C)[C@H]1c1cccnc1. The van der Waals surface area contributed by atoms with Gasteiger partial charge in [0.25, 0.3) is 0 Å². The molecule has 4 nitrogen and oxygen atoms in total. The highest BCUT2D eigenvalue weighted by atomic mass is 16.5. The van der Waals surface area contributed by atoms with Crippen molar-refractivity contribution in [3.63, 3.8) is 0 Å². The van der Waals surface area contributed by atoms with E-state index in [2.05, 4.69) is 41.3 Å². The second-order valence-electron chi connectivity index (χ2n) is 7.36. The zero-order chi connectivity index (χ0) is 16.1. The topological polar surface area (TPSA) is 37.4 Å². The Labute approximate surface area is 140 Å². The van der Waals surface area contributed by atoms with Gasteiger partial charge in [-0.2, -0.15) is 0 Å². The number of likely N-dealkylation sites (tertiary alicyclic amines) is 1. The summed E-state index contributed by atoms with van der Waals surface area (Å²) in [6, 6.07) is 5.38. The minimum Gasteiger partial charge on any atom is -0.381 e. The van der Waals surface area contributed by atoms with Crippen LogP contribution in [0.4, 0.5) is 0 Å². The maximum atomic E-state index is 5.47. The highest BCUT2D eigenvalue weighted by molar-refractivity contribution is 5.17. The average molecular weight is 317 g/mol. The van der Waals surface area contributed by atoms with E-state index in [1.54, 1.807) is 0 Å². The minimum atomic E-state index is 0.506. The van der Waals surface area contributed by atoms with Crippen molar-refractivity contribution < 1.29 is 4.74 Å². The zero-order valence-electron chi connectivity index (χ0n) is 14.6. The molecule has 3 atom stereocenters. The summed E-state index contributed by atoms with van der Waals surface area (Å²) in [5, 5.41) is 3.80. The summed E-state index contributed by atoms with van der Waals surface area (Å²) < 4.78 is 5.47. The number of ether oxygens (including phenoxy) is 1. The largest absolute Gasteiger partial charge is 0.381 e. The molecule has 3 heterocycles. The van der Waals surface area contributed by atoms with Crippen LogP contribution in [-0.4, -0.2) is 49.3 Å². The Kier molecular flexibility index (Phi) is 6.03. The van der Waals surface area contributed by atoms with E-state index in [9.17, 15) is 0 Å². The normalized spacial score (nSPS) is 28.1. The highest BCUT2D eigenvalue weighted by Crippen LogP contribution is 2.35. The fraction of sp³-hybridized carbons (Fsp3) is 0.737. The van der Waals surface area contributed by atoms with Gasteiger partial charge in [0.1, 0.15) is 0 Å². The molecule has 3 rings (SSSR count). The fourth-order valence-corrected chi connectivity index (χ4v) is 4.24. The number of nitrogens with one attached hydrogen (secondary N) is 1. The van der Waals surface area contributed by atoms with Crippen molar-refractivity contribution in [2.45, 2.75) is 44.7 Å². The molecule has 0 radical (unpaired) electrons. The van der Waals surface area contributed by atoms with E-state index >= 15 is 0 Å². The molecule has 0 aromatic carbocycles. The third kappa shape index (κ3) is 4.52. The fourth-order valence-electron chi connectivity index (χ4n) is 4.24. The van der Waals surface area contributed by atoms with Gasteiger partial charge in [0.15, 0.2) is 0 Å². The lowest BCUT2D eigenvalue weighted by molar-refractivity contribution is 0.0610. The molecule has 1 N–H and O–H groups in total. The van der Waals surface area contributed by atoms with Gasteiger partial charge in [-0.15, -0.1) is 0 Å². The first-order valence-electron chi connectivity index (χ1n) is 9.15. The van der Waals surface area contributed by atoms with E-state index in [1.165, 1.54) is 37.8 Å². The van der Waals surface area contributed by atoms with Crippen molar-refractivity contribution in [1.82, 2.24) is 15.2 Å². The van der Waals surface area contributed by atoms with Crippen LogP contribution in [-0.2, 0) is 4.74 Å². The summed E-state index contributed by atoms with van der Waals surface area (Å²) in [6.45, 7) is 6.53. The van der Waals surface area contributed by atoms with Crippen molar-refractivity contribution in [2.75, 3.05) is 33.4 Å². The Bertz CT molecular complexity index is 461. The molecule has 0 saturated carbocycles. The van der Waals surface area contributed by atoms with Crippen LogP contribution in [0.25, 0.3) is 0 Å². The van der Waals surface area contributed by atoms with Crippen LogP contribution < -0.4 is 5.32 Å². The Morgan fingerprint density at radius 1 is 1.35 bits per heavy atom. The number of aromatic nitrogens is 1. The number of hydrogen-bond donors (Lipinski definition) is 1. The second kappa shape index (κ2) is 8.22. The van der Waals surface area contributed by atoms with Gasteiger partial charge in [-0.05, 0) is 69.7 Å². The summed E-state index contributed by atoms with van der Waals surface area (Å²) >= 11 is 0. The summed E-state index contributed by atoms with van der Waals surface area (Å²) in [4.78, 5) is 6.79. The summed E-state index contributed by atoms with van der Waals surface area (Å²) in [6.07, 6.45) is 8.91. The molecule has 0 unspecified atom stereocenters. The number of rotatable bonds is 6. The van der Waals surface area contributed by atoms with Gasteiger partial charge in [-0.25, -0.2) is 0 Å². The molecule has 128 valence electrons. The molecular weight excluding hydrogens is 286 g/mol. The Hall–Kier alpha value is -0.970. The first kappa shape index (κ1) is 16.9. The number of hydrogen-bond acceptors (Lipinski definition) is 4. The molecule has 2 fully saturated rings. The lowest BCUT2D eigenvalue weighted by atomic mass is 9.91. The monoisotopic (exact) mass is 317 g/mol. The van der Waals surface area contributed by atoms with E-state index < -0.39 is 0 Å². The van der Waals surface area contributed by atoms with Gasteiger partial charge in [-0.1, -0.05) is 6.07 Å². The first-order chi connectivity index (χ1) is 11.2. The third-order valence-electron chi connectivity index (χ3n) is 5.56. The molecule has 4 heteroatoms. The van der Waals surface area contributed by atoms with E-state index in [1.807, 2.05) is 12.4 Å². The van der Waals surface area contributed by atoms with Crippen molar-refractivity contribution in [1.29, 1.82) is 0 Å². The maximum absolute atomic E-state index is 5.47. The molecule has 0 aliphatic carbocycles. The molecule has 0 spiro atoms. The first-order valence-corrected chi connectivity index (χ1v) is 9.15. The van der Waals surface area contributed by atoms with Gasteiger partial charge >= 0.3 is 0 Å². The van der Waals surface area contributed by atoms with Crippen LogP contribution in [0.3, 0.4) is 0 Å². The van der Waals surface area contributed by atoms with Crippen LogP contribution in [0, 0.1) is 11.8 Å². The van der Waals surface area contributed by atoms with E-state index in [0.717, 1.165) is 25.7 Å². The van der Waals surface area contributed by atoms with Crippen LogP contribution in [0.5, 0.6) is 0 Å². The third-order valence-corrected chi connectivity index (χ3v) is 5.56. The summed E-state index contributed by atoms with van der Waals surface area (Å²) in [5.41, 5.74) is 1.36. The van der Waals surface area contributed by atoms with Crippen molar-refractivity contribution >= 4 is 0 Å².